The second kappa shape index (κ2) is 5.34. The van der Waals surface area contributed by atoms with Gasteiger partial charge in [-0.05, 0) is 34.2 Å². The number of halogens is 1. The Morgan fingerprint density at radius 1 is 1.27 bits per heavy atom. The zero-order valence-corrected chi connectivity index (χ0v) is 11.4. The van der Waals surface area contributed by atoms with Crippen LogP contribution >= 0.6 is 22.6 Å². The average molecular weight is 318 g/mol. The summed E-state index contributed by atoms with van der Waals surface area (Å²) in [4.78, 5) is 14.9. The zero-order chi connectivity index (χ0) is 11.4. The van der Waals surface area contributed by atoms with Crippen LogP contribution in [0.25, 0.3) is 0 Å². The number of carbonyl (C=O) groups excluding carboxylic acids is 1. The highest BCUT2D eigenvalue weighted by molar-refractivity contribution is 14.1. The number of nitrogens with zero attached hydrogens (tertiary/aromatic N) is 2. The van der Waals surface area contributed by atoms with Gasteiger partial charge in [-0.2, -0.15) is 0 Å². The smallest absolute Gasteiger partial charge is 0.319 e. The number of carbonyl (C=O) groups is 1. The van der Waals surface area contributed by atoms with Crippen molar-refractivity contribution in [3.63, 3.8) is 0 Å². The Morgan fingerprint density at radius 2 is 1.87 bits per heavy atom. The first-order chi connectivity index (χ1) is 7.02. The van der Waals surface area contributed by atoms with Crippen LogP contribution < -0.4 is 0 Å². The molecule has 1 aromatic carbocycles. The van der Waals surface area contributed by atoms with Crippen molar-refractivity contribution in [1.82, 2.24) is 9.80 Å². The third-order valence-corrected chi connectivity index (χ3v) is 3.13. The number of benzene rings is 1. The molecule has 0 aliphatic heterocycles. The van der Waals surface area contributed by atoms with E-state index in [9.17, 15) is 4.79 Å². The van der Waals surface area contributed by atoms with Crippen LogP contribution in [-0.2, 0) is 6.54 Å². The van der Waals surface area contributed by atoms with E-state index in [0.29, 0.717) is 6.54 Å². The molecule has 15 heavy (non-hydrogen) atoms. The Hall–Kier alpha value is -0.780. The minimum absolute atomic E-state index is 0.0228. The van der Waals surface area contributed by atoms with Gasteiger partial charge in [0.15, 0.2) is 0 Å². The van der Waals surface area contributed by atoms with Crippen LogP contribution in [0.4, 0.5) is 4.79 Å². The van der Waals surface area contributed by atoms with E-state index in [1.54, 1.807) is 23.9 Å². The van der Waals surface area contributed by atoms with Crippen molar-refractivity contribution in [3.05, 3.63) is 33.4 Å². The van der Waals surface area contributed by atoms with Crippen molar-refractivity contribution in [1.29, 1.82) is 0 Å². The van der Waals surface area contributed by atoms with Gasteiger partial charge in [-0.1, -0.05) is 18.2 Å². The highest BCUT2D eigenvalue weighted by Crippen LogP contribution is 2.13. The van der Waals surface area contributed by atoms with Gasteiger partial charge in [0.1, 0.15) is 0 Å². The monoisotopic (exact) mass is 318 g/mol. The summed E-state index contributed by atoms with van der Waals surface area (Å²) in [6, 6.07) is 8.10. The summed E-state index contributed by atoms with van der Waals surface area (Å²) >= 11 is 2.28. The first-order valence-electron chi connectivity index (χ1n) is 4.68. The Bertz CT molecular complexity index is 352. The summed E-state index contributed by atoms with van der Waals surface area (Å²) in [7, 11) is 5.33. The topological polar surface area (TPSA) is 23.6 Å². The molecule has 1 rings (SSSR count). The Balaban J connectivity index is 2.71. The van der Waals surface area contributed by atoms with Crippen molar-refractivity contribution < 1.29 is 4.79 Å². The first-order valence-corrected chi connectivity index (χ1v) is 5.76. The van der Waals surface area contributed by atoms with E-state index in [-0.39, 0.29) is 6.03 Å². The van der Waals surface area contributed by atoms with Crippen molar-refractivity contribution in [2.75, 3.05) is 21.1 Å². The largest absolute Gasteiger partial charge is 0.331 e. The lowest BCUT2D eigenvalue weighted by atomic mass is 10.2. The molecule has 82 valence electrons. The number of amides is 2. The van der Waals surface area contributed by atoms with Crippen LogP contribution in [0, 0.1) is 3.57 Å². The summed E-state index contributed by atoms with van der Waals surface area (Å²) < 4.78 is 1.19. The fourth-order valence-corrected chi connectivity index (χ4v) is 1.85. The molecule has 1 aromatic rings. The molecule has 0 atom stereocenters. The van der Waals surface area contributed by atoms with E-state index in [2.05, 4.69) is 22.6 Å². The molecule has 0 radical (unpaired) electrons. The third-order valence-electron chi connectivity index (χ3n) is 2.07. The fraction of sp³-hybridized carbons (Fsp3) is 0.364. The highest BCUT2D eigenvalue weighted by Gasteiger charge is 2.11. The Labute approximate surface area is 104 Å². The Kier molecular flexibility index (Phi) is 4.38. The van der Waals surface area contributed by atoms with Gasteiger partial charge in [-0.15, -0.1) is 0 Å². The molecule has 0 fully saturated rings. The molecule has 0 aliphatic rings. The highest BCUT2D eigenvalue weighted by atomic mass is 127. The van der Waals surface area contributed by atoms with Crippen molar-refractivity contribution in [2.24, 2.45) is 0 Å². The second-order valence-electron chi connectivity index (χ2n) is 3.62. The van der Waals surface area contributed by atoms with E-state index in [1.165, 1.54) is 9.13 Å². The molecule has 0 heterocycles. The maximum atomic E-state index is 11.6. The normalized spacial score (nSPS) is 9.87. The van der Waals surface area contributed by atoms with Gasteiger partial charge in [0.2, 0.25) is 0 Å². The van der Waals surface area contributed by atoms with Gasteiger partial charge in [0.25, 0.3) is 0 Å². The lowest BCUT2D eigenvalue weighted by Gasteiger charge is -2.22. The maximum Gasteiger partial charge on any atom is 0.319 e. The lowest BCUT2D eigenvalue weighted by Crippen LogP contribution is -2.35. The molecule has 0 unspecified atom stereocenters. The van der Waals surface area contributed by atoms with E-state index >= 15 is 0 Å². The number of rotatable bonds is 2. The molecule has 3 nitrogen and oxygen atoms in total. The molecule has 2 amide bonds. The van der Waals surface area contributed by atoms with E-state index in [4.69, 9.17) is 0 Å². The van der Waals surface area contributed by atoms with Crippen LogP contribution in [0.1, 0.15) is 5.56 Å². The van der Waals surface area contributed by atoms with Crippen LogP contribution in [0.2, 0.25) is 0 Å². The predicted molar refractivity (Wildman–Crippen MR) is 69.7 cm³/mol. The maximum absolute atomic E-state index is 11.6. The molecule has 0 saturated heterocycles. The molecule has 4 heteroatoms. The summed E-state index contributed by atoms with van der Waals surface area (Å²) in [6.45, 7) is 0.649. The summed E-state index contributed by atoms with van der Waals surface area (Å²) in [6.07, 6.45) is 0. The second-order valence-corrected chi connectivity index (χ2v) is 4.79. The molecule has 0 aromatic heterocycles. The van der Waals surface area contributed by atoms with Crippen LogP contribution in [0.5, 0.6) is 0 Å². The quantitative estimate of drug-likeness (QED) is 0.768. The molecular weight excluding hydrogens is 303 g/mol. The van der Waals surface area contributed by atoms with Crippen molar-refractivity contribution in [2.45, 2.75) is 6.54 Å². The first kappa shape index (κ1) is 12.3. The van der Waals surface area contributed by atoms with Crippen LogP contribution in [0.3, 0.4) is 0 Å². The standard InChI is InChI=1S/C11H15IN2O/c1-13(2)11(15)14(3)8-9-6-4-5-7-10(9)12/h4-7H,8H2,1-3H3. The number of hydrogen-bond acceptors (Lipinski definition) is 1. The minimum Gasteiger partial charge on any atom is -0.331 e. The van der Waals surface area contributed by atoms with Gasteiger partial charge in [-0.3, -0.25) is 0 Å². The fourth-order valence-electron chi connectivity index (χ4n) is 1.29. The van der Waals surface area contributed by atoms with E-state index < -0.39 is 0 Å². The molecule has 0 N–H and O–H groups in total. The molecule has 0 aliphatic carbocycles. The van der Waals surface area contributed by atoms with Gasteiger partial charge < -0.3 is 9.80 Å². The van der Waals surface area contributed by atoms with E-state index in [1.807, 2.05) is 31.3 Å². The molecule has 0 spiro atoms. The predicted octanol–water partition coefficient (Wildman–Crippen LogP) is 2.40. The van der Waals surface area contributed by atoms with Gasteiger partial charge in [0, 0.05) is 31.3 Å². The van der Waals surface area contributed by atoms with Gasteiger partial charge >= 0.3 is 6.03 Å². The van der Waals surface area contributed by atoms with Gasteiger partial charge in [-0.25, -0.2) is 4.79 Å². The molecule has 0 bridgehead atoms. The summed E-state index contributed by atoms with van der Waals surface area (Å²) in [5, 5.41) is 0. The SMILES string of the molecule is CN(C)C(=O)N(C)Cc1ccccc1I. The van der Waals surface area contributed by atoms with Crippen molar-refractivity contribution >= 4 is 28.6 Å². The summed E-state index contributed by atoms with van der Waals surface area (Å²) in [5.41, 5.74) is 1.18. The minimum atomic E-state index is 0.0228. The number of urea groups is 1. The third kappa shape index (κ3) is 3.37. The summed E-state index contributed by atoms with van der Waals surface area (Å²) in [5.74, 6) is 0. The van der Waals surface area contributed by atoms with Crippen LogP contribution in [0.15, 0.2) is 24.3 Å². The number of hydrogen-bond donors (Lipinski definition) is 0. The van der Waals surface area contributed by atoms with Crippen molar-refractivity contribution in [3.8, 4) is 0 Å². The lowest BCUT2D eigenvalue weighted by molar-refractivity contribution is 0.180. The Morgan fingerprint density at radius 3 is 2.40 bits per heavy atom. The molecular formula is C11H15IN2O. The average Bonchev–Trinajstić information content (AvgIpc) is 2.20. The van der Waals surface area contributed by atoms with Gasteiger partial charge in [0.05, 0.1) is 0 Å². The van der Waals surface area contributed by atoms with Crippen LogP contribution in [-0.4, -0.2) is 37.0 Å². The van der Waals surface area contributed by atoms with E-state index in [0.717, 1.165) is 0 Å². The molecule has 0 saturated carbocycles. The zero-order valence-electron chi connectivity index (χ0n) is 9.20.